The summed E-state index contributed by atoms with van der Waals surface area (Å²) in [5.74, 6) is -1.94. The van der Waals surface area contributed by atoms with Gasteiger partial charge < -0.3 is 9.68 Å². The summed E-state index contributed by atoms with van der Waals surface area (Å²) < 4.78 is 0. The monoisotopic (exact) mass is 252 g/mol. The lowest BCUT2D eigenvalue weighted by molar-refractivity contribution is -0.216. The third-order valence-electron chi connectivity index (χ3n) is 2.63. The number of hydrogen-bond acceptors (Lipinski definition) is 6. The maximum absolute atomic E-state index is 11.5. The summed E-state index contributed by atoms with van der Waals surface area (Å²) in [5.41, 5.74) is 0. The van der Waals surface area contributed by atoms with E-state index in [0.29, 0.717) is 26.2 Å². The average molecular weight is 252 g/mol. The number of hydroxylamine groups is 4. The van der Waals surface area contributed by atoms with Crippen molar-refractivity contribution in [1.29, 1.82) is 0 Å². The fraction of sp³-hybridized carbons (Fsp3) is 0.500. The zero-order valence-corrected chi connectivity index (χ0v) is 10.1. The lowest BCUT2D eigenvalue weighted by Crippen LogP contribution is -2.38. The van der Waals surface area contributed by atoms with E-state index < -0.39 is 11.9 Å². The molecule has 2 aliphatic heterocycles. The molecule has 0 radical (unpaired) electrons. The minimum atomic E-state index is -0.972. The van der Waals surface area contributed by atoms with Gasteiger partial charge in [-0.3, -0.25) is 0 Å². The molecule has 0 bridgehead atoms. The first-order valence-corrected chi connectivity index (χ1v) is 6.00. The predicted octanol–water partition coefficient (Wildman–Crippen LogP) is 0.427. The Labute approximate surface area is 105 Å². The molecule has 0 aromatic rings. The Morgan fingerprint density at radius 2 is 1.22 bits per heavy atom. The van der Waals surface area contributed by atoms with Crippen LogP contribution in [0.4, 0.5) is 0 Å². The molecule has 6 nitrogen and oxygen atoms in total. The molecule has 0 fully saturated rings. The largest absolute Gasteiger partial charge is 0.438 e. The van der Waals surface area contributed by atoms with Gasteiger partial charge in [0.05, 0.1) is 13.1 Å². The van der Waals surface area contributed by atoms with E-state index >= 15 is 0 Å². The summed E-state index contributed by atoms with van der Waals surface area (Å²) in [6.07, 6.45) is 9.39. The lowest BCUT2D eigenvalue weighted by atomic mass is 10.3. The number of carbonyl (C=O) groups is 2. The molecular formula is C12H16N2O4. The Hall–Kier alpha value is -1.66. The first-order chi connectivity index (χ1) is 8.75. The summed E-state index contributed by atoms with van der Waals surface area (Å²) >= 11 is 0. The second-order valence-corrected chi connectivity index (χ2v) is 4.05. The van der Waals surface area contributed by atoms with Crippen LogP contribution in [-0.2, 0) is 19.3 Å². The van der Waals surface area contributed by atoms with Crippen LogP contribution < -0.4 is 0 Å². The molecule has 0 spiro atoms. The quantitative estimate of drug-likeness (QED) is 0.524. The molecule has 2 rings (SSSR count). The maximum atomic E-state index is 11.5. The highest BCUT2D eigenvalue weighted by atomic mass is 16.8. The van der Waals surface area contributed by atoms with Crippen LogP contribution in [-0.4, -0.2) is 48.2 Å². The zero-order valence-electron chi connectivity index (χ0n) is 10.1. The summed E-state index contributed by atoms with van der Waals surface area (Å²) in [6, 6.07) is 0. The van der Waals surface area contributed by atoms with Gasteiger partial charge in [0.15, 0.2) is 0 Å². The van der Waals surface area contributed by atoms with E-state index in [1.807, 2.05) is 24.3 Å². The number of carbonyl (C=O) groups excluding carboxylic acids is 2. The van der Waals surface area contributed by atoms with E-state index in [2.05, 4.69) is 0 Å². The van der Waals surface area contributed by atoms with Crippen LogP contribution in [0.3, 0.4) is 0 Å². The summed E-state index contributed by atoms with van der Waals surface area (Å²) in [4.78, 5) is 32.8. The molecule has 2 aliphatic rings. The van der Waals surface area contributed by atoms with Crippen molar-refractivity contribution in [1.82, 2.24) is 10.1 Å². The minimum absolute atomic E-state index is 0.505. The molecule has 0 saturated heterocycles. The van der Waals surface area contributed by atoms with Crippen LogP contribution in [0.1, 0.15) is 12.8 Å². The first kappa shape index (κ1) is 12.8. The van der Waals surface area contributed by atoms with E-state index in [4.69, 9.17) is 9.68 Å². The van der Waals surface area contributed by atoms with Crippen molar-refractivity contribution in [2.45, 2.75) is 12.8 Å². The van der Waals surface area contributed by atoms with Crippen molar-refractivity contribution < 1.29 is 19.3 Å². The number of nitrogens with zero attached hydrogens (tertiary/aromatic N) is 2. The average Bonchev–Trinajstić information content (AvgIpc) is 2.41. The van der Waals surface area contributed by atoms with Gasteiger partial charge in [-0.05, 0) is 12.8 Å². The van der Waals surface area contributed by atoms with Crippen molar-refractivity contribution in [3.8, 4) is 0 Å². The van der Waals surface area contributed by atoms with Crippen molar-refractivity contribution in [3.05, 3.63) is 24.3 Å². The van der Waals surface area contributed by atoms with E-state index in [9.17, 15) is 9.59 Å². The molecule has 0 unspecified atom stereocenters. The molecular weight excluding hydrogens is 236 g/mol. The van der Waals surface area contributed by atoms with Gasteiger partial charge in [-0.15, -0.1) is 10.1 Å². The molecule has 0 aromatic heterocycles. The SMILES string of the molecule is O=C(ON1CC=CCC1)C(=O)ON1CC=CCC1. The minimum Gasteiger partial charge on any atom is -0.359 e. The van der Waals surface area contributed by atoms with E-state index in [0.717, 1.165) is 12.8 Å². The fourth-order valence-corrected chi connectivity index (χ4v) is 1.71. The Bertz CT molecular complexity index is 342. The third kappa shape index (κ3) is 3.68. The molecule has 0 aliphatic carbocycles. The summed E-state index contributed by atoms with van der Waals surface area (Å²) in [6.45, 7) is 2.21. The molecule has 98 valence electrons. The highest BCUT2D eigenvalue weighted by Gasteiger charge is 2.24. The Balaban J connectivity index is 1.75. The van der Waals surface area contributed by atoms with Crippen LogP contribution in [0.25, 0.3) is 0 Å². The van der Waals surface area contributed by atoms with Crippen molar-refractivity contribution in [2.75, 3.05) is 26.2 Å². The van der Waals surface area contributed by atoms with Crippen LogP contribution in [0.5, 0.6) is 0 Å². The second-order valence-electron chi connectivity index (χ2n) is 4.05. The molecule has 0 atom stereocenters. The molecule has 6 heteroatoms. The van der Waals surface area contributed by atoms with Gasteiger partial charge in [-0.25, -0.2) is 9.59 Å². The number of hydrogen-bond donors (Lipinski definition) is 0. The molecule has 0 amide bonds. The second kappa shape index (κ2) is 6.32. The normalized spacial score (nSPS) is 20.7. The smallest absolute Gasteiger partial charge is 0.359 e. The Kier molecular flexibility index (Phi) is 4.49. The summed E-state index contributed by atoms with van der Waals surface area (Å²) in [5, 5.41) is 2.89. The van der Waals surface area contributed by atoms with Crippen molar-refractivity contribution >= 4 is 11.9 Å². The van der Waals surface area contributed by atoms with Gasteiger partial charge in [0, 0.05) is 13.1 Å². The third-order valence-corrected chi connectivity index (χ3v) is 2.63. The lowest BCUT2D eigenvalue weighted by Gasteiger charge is -2.23. The molecule has 18 heavy (non-hydrogen) atoms. The van der Waals surface area contributed by atoms with Gasteiger partial charge in [0.1, 0.15) is 0 Å². The standard InChI is InChI=1S/C12H16N2O4/c15-11(17-13-7-3-1-4-8-13)12(16)18-14-9-5-2-6-10-14/h1-3,5H,4,6-10H2. The van der Waals surface area contributed by atoms with Crippen LogP contribution in [0, 0.1) is 0 Å². The van der Waals surface area contributed by atoms with Crippen molar-refractivity contribution in [2.24, 2.45) is 0 Å². The van der Waals surface area contributed by atoms with E-state index in [1.54, 1.807) is 0 Å². The van der Waals surface area contributed by atoms with Gasteiger partial charge in [-0.2, -0.15) is 0 Å². The molecule has 0 N–H and O–H groups in total. The fourth-order valence-electron chi connectivity index (χ4n) is 1.71. The van der Waals surface area contributed by atoms with E-state index in [-0.39, 0.29) is 0 Å². The van der Waals surface area contributed by atoms with Crippen LogP contribution >= 0.6 is 0 Å². The van der Waals surface area contributed by atoms with Gasteiger partial charge >= 0.3 is 11.9 Å². The van der Waals surface area contributed by atoms with Crippen LogP contribution in [0.15, 0.2) is 24.3 Å². The van der Waals surface area contributed by atoms with Gasteiger partial charge in [0.2, 0.25) is 0 Å². The number of rotatable bonds is 2. The Morgan fingerprint density at radius 1 is 0.778 bits per heavy atom. The highest BCUT2D eigenvalue weighted by Crippen LogP contribution is 2.05. The molecule has 0 saturated carbocycles. The Morgan fingerprint density at radius 3 is 1.56 bits per heavy atom. The maximum Gasteiger partial charge on any atom is 0.438 e. The topological polar surface area (TPSA) is 59.1 Å². The predicted molar refractivity (Wildman–Crippen MR) is 62.8 cm³/mol. The van der Waals surface area contributed by atoms with Gasteiger partial charge in [0.25, 0.3) is 0 Å². The van der Waals surface area contributed by atoms with E-state index in [1.165, 1.54) is 10.1 Å². The van der Waals surface area contributed by atoms with Crippen LogP contribution in [0.2, 0.25) is 0 Å². The van der Waals surface area contributed by atoms with Gasteiger partial charge in [-0.1, -0.05) is 24.3 Å². The molecule has 0 aromatic carbocycles. The summed E-state index contributed by atoms with van der Waals surface area (Å²) in [7, 11) is 0. The zero-order chi connectivity index (χ0) is 12.8. The first-order valence-electron chi connectivity index (χ1n) is 6.00. The highest BCUT2D eigenvalue weighted by molar-refractivity contribution is 6.29. The van der Waals surface area contributed by atoms with Crippen molar-refractivity contribution in [3.63, 3.8) is 0 Å². The molecule has 2 heterocycles.